The largest absolute Gasteiger partial charge is 0.497 e. The van der Waals surface area contributed by atoms with Gasteiger partial charge in [0, 0.05) is 23.7 Å². The highest BCUT2D eigenvalue weighted by Crippen LogP contribution is 2.31. The summed E-state index contributed by atoms with van der Waals surface area (Å²) in [5.41, 5.74) is 1.56. The second-order valence-electron chi connectivity index (χ2n) is 18.3. The van der Waals surface area contributed by atoms with Gasteiger partial charge in [-0.15, -0.1) is 0 Å². The standard InChI is InChI=1S/C51H70N6O10/c1-6-32(4)45(50(63)55-39(51(64)65)20-12-16-33-22-24-37(66-5)25-23-33)57-49(62)44(31(2)3)47(60)46(59)40(26-34-14-8-7-9-15-34)56-48(61)41(27-36-28-52-30-53-36)54-43(58)29-67-42-21-13-18-35-17-10-11-19-38(35)42/h10-11,13,17-19,21-25,28,30-32,34,39-41,44-47,59-60H,6-9,12,14-16,20,26-27,29H2,1-5H3,(H,52,53)(H,54,58)(H,55,63)(H,56,61)(H,57,62)(H,64,65)/t32-,39-,40-,41-,44+,45-,46+,47+/m0/s1. The van der Waals surface area contributed by atoms with Crippen LogP contribution < -0.4 is 30.7 Å². The van der Waals surface area contributed by atoms with Crippen molar-refractivity contribution >= 4 is 40.4 Å². The number of aliphatic hydroxyl groups is 2. The van der Waals surface area contributed by atoms with E-state index in [1.165, 1.54) is 6.33 Å². The Balaban J connectivity index is 1.29. The minimum Gasteiger partial charge on any atom is -0.497 e. The Morgan fingerprint density at radius 2 is 1.54 bits per heavy atom. The van der Waals surface area contributed by atoms with E-state index < -0.39 is 83.7 Å². The van der Waals surface area contributed by atoms with Gasteiger partial charge < -0.3 is 51.0 Å². The van der Waals surface area contributed by atoms with Crippen LogP contribution >= 0.6 is 0 Å². The molecular weight excluding hydrogens is 857 g/mol. The van der Waals surface area contributed by atoms with Gasteiger partial charge in [0.1, 0.15) is 35.7 Å². The first-order chi connectivity index (χ1) is 32.2. The summed E-state index contributed by atoms with van der Waals surface area (Å²) in [5, 5.41) is 47.1. The Morgan fingerprint density at radius 1 is 0.821 bits per heavy atom. The summed E-state index contributed by atoms with van der Waals surface area (Å²) >= 11 is 0. The van der Waals surface area contributed by atoms with E-state index in [0.717, 1.165) is 48.4 Å². The van der Waals surface area contributed by atoms with E-state index in [-0.39, 0.29) is 25.4 Å². The molecule has 364 valence electrons. The molecule has 4 amide bonds. The molecule has 0 unspecified atom stereocenters. The number of benzene rings is 3. The van der Waals surface area contributed by atoms with Crippen LogP contribution in [-0.2, 0) is 36.8 Å². The van der Waals surface area contributed by atoms with Crippen molar-refractivity contribution in [1.82, 2.24) is 31.2 Å². The number of nitrogens with zero attached hydrogens (tertiary/aromatic N) is 1. The number of carbonyl (C=O) groups is 5. The topological polar surface area (TPSA) is 241 Å². The van der Waals surface area contributed by atoms with Crippen molar-refractivity contribution in [3.05, 3.63) is 90.5 Å². The molecule has 0 bridgehead atoms. The summed E-state index contributed by atoms with van der Waals surface area (Å²) in [6, 6.07) is 16.0. The highest BCUT2D eigenvalue weighted by atomic mass is 16.5. The number of fused-ring (bicyclic) bond motifs is 1. The monoisotopic (exact) mass is 927 g/mol. The van der Waals surface area contributed by atoms with Crippen LogP contribution in [0.2, 0.25) is 0 Å². The van der Waals surface area contributed by atoms with Crippen LogP contribution in [0.25, 0.3) is 10.8 Å². The van der Waals surface area contributed by atoms with Crippen LogP contribution in [0.15, 0.2) is 79.3 Å². The molecule has 67 heavy (non-hydrogen) atoms. The number of carbonyl (C=O) groups excluding carboxylic acids is 4. The zero-order chi connectivity index (χ0) is 48.5. The van der Waals surface area contributed by atoms with Crippen molar-refractivity contribution in [2.75, 3.05) is 13.7 Å². The minimum absolute atomic E-state index is 0.0299. The van der Waals surface area contributed by atoms with Crippen LogP contribution in [0.1, 0.15) is 96.7 Å². The van der Waals surface area contributed by atoms with Gasteiger partial charge in [0.2, 0.25) is 17.7 Å². The Labute approximate surface area is 393 Å². The fourth-order valence-electron chi connectivity index (χ4n) is 8.95. The molecule has 1 aliphatic rings. The lowest BCUT2D eigenvalue weighted by atomic mass is 9.79. The number of aliphatic hydroxyl groups excluding tert-OH is 2. The van der Waals surface area contributed by atoms with E-state index in [9.17, 15) is 39.3 Å². The quantitative estimate of drug-likeness (QED) is 0.0405. The summed E-state index contributed by atoms with van der Waals surface area (Å²) in [7, 11) is 1.58. The normalized spacial score (nSPS) is 16.7. The number of aryl methyl sites for hydroxylation is 1. The van der Waals surface area contributed by atoms with E-state index in [0.29, 0.717) is 42.9 Å². The van der Waals surface area contributed by atoms with E-state index in [2.05, 4.69) is 31.2 Å². The molecule has 0 aliphatic heterocycles. The van der Waals surface area contributed by atoms with Crippen LogP contribution in [0, 0.1) is 23.7 Å². The van der Waals surface area contributed by atoms with Crippen LogP contribution in [0.3, 0.4) is 0 Å². The second-order valence-corrected chi connectivity index (χ2v) is 18.3. The summed E-state index contributed by atoms with van der Waals surface area (Å²) in [4.78, 5) is 75.3. The smallest absolute Gasteiger partial charge is 0.326 e. The number of rotatable bonds is 26. The molecule has 0 saturated heterocycles. The number of hydrogen-bond acceptors (Lipinski definition) is 10. The predicted octanol–water partition coefficient (Wildman–Crippen LogP) is 5.25. The third-order valence-corrected chi connectivity index (χ3v) is 13.1. The zero-order valence-electron chi connectivity index (χ0n) is 39.4. The van der Waals surface area contributed by atoms with Crippen molar-refractivity contribution in [2.45, 2.75) is 135 Å². The van der Waals surface area contributed by atoms with Gasteiger partial charge in [-0.05, 0) is 72.6 Å². The number of amides is 4. The maximum Gasteiger partial charge on any atom is 0.326 e. The molecule has 1 aliphatic carbocycles. The first-order valence-corrected chi connectivity index (χ1v) is 23.7. The van der Waals surface area contributed by atoms with E-state index in [1.807, 2.05) is 67.6 Å². The van der Waals surface area contributed by atoms with Gasteiger partial charge in [0.25, 0.3) is 5.91 Å². The van der Waals surface area contributed by atoms with Gasteiger partial charge in [0.05, 0.1) is 31.5 Å². The maximum atomic E-state index is 14.3. The SMILES string of the molecule is CC[C@H](C)[C@H](NC(=O)[C@H](C(C)C)[C@@H](O)[C@H](O)[C@H](CC1CCCCC1)NC(=O)[C@H](Cc1cnc[nH]1)NC(=O)COc1cccc2ccccc12)C(=O)N[C@@H](CCCc1ccc(OC)cc1)C(=O)O. The Bertz CT molecular complexity index is 2190. The highest BCUT2D eigenvalue weighted by molar-refractivity contribution is 5.92. The lowest BCUT2D eigenvalue weighted by Gasteiger charge is -2.37. The first-order valence-electron chi connectivity index (χ1n) is 23.7. The van der Waals surface area contributed by atoms with Gasteiger partial charge in [-0.1, -0.05) is 115 Å². The van der Waals surface area contributed by atoms with E-state index in [4.69, 9.17) is 9.47 Å². The molecule has 0 radical (unpaired) electrons. The van der Waals surface area contributed by atoms with Crippen LogP contribution in [-0.4, -0.2) is 105 Å². The molecule has 3 aromatic carbocycles. The third kappa shape index (κ3) is 15.3. The van der Waals surface area contributed by atoms with Crippen molar-refractivity contribution in [3.63, 3.8) is 0 Å². The number of aromatic nitrogens is 2. The van der Waals surface area contributed by atoms with Crippen LogP contribution in [0.4, 0.5) is 0 Å². The molecule has 16 heteroatoms. The number of ether oxygens (including phenoxy) is 2. The summed E-state index contributed by atoms with van der Waals surface area (Å²) < 4.78 is 11.1. The molecule has 8 atom stereocenters. The number of imidazole rings is 1. The molecule has 1 heterocycles. The number of carboxylic acid groups (broad SMARTS) is 1. The summed E-state index contributed by atoms with van der Waals surface area (Å²) in [6.45, 7) is 6.66. The number of methoxy groups -OCH3 is 1. The highest BCUT2D eigenvalue weighted by Gasteiger charge is 2.42. The average molecular weight is 927 g/mol. The lowest BCUT2D eigenvalue weighted by molar-refractivity contribution is -0.143. The first kappa shape index (κ1) is 52.0. The van der Waals surface area contributed by atoms with Crippen molar-refractivity contribution < 1.29 is 48.8 Å². The average Bonchev–Trinajstić information content (AvgIpc) is 3.85. The Hall–Kier alpha value is -6.00. The predicted molar refractivity (Wildman–Crippen MR) is 254 cm³/mol. The number of H-pyrrole nitrogens is 1. The van der Waals surface area contributed by atoms with E-state index in [1.54, 1.807) is 40.1 Å². The Morgan fingerprint density at radius 3 is 2.19 bits per heavy atom. The zero-order valence-corrected chi connectivity index (χ0v) is 39.4. The molecule has 1 saturated carbocycles. The van der Waals surface area contributed by atoms with Crippen molar-refractivity contribution in [1.29, 1.82) is 0 Å². The molecule has 0 spiro atoms. The number of aliphatic carboxylic acids is 1. The van der Waals surface area contributed by atoms with Crippen molar-refractivity contribution in [2.24, 2.45) is 23.7 Å². The number of hydrogen-bond donors (Lipinski definition) is 8. The lowest BCUT2D eigenvalue weighted by Crippen LogP contribution is -2.60. The number of aromatic amines is 1. The summed E-state index contributed by atoms with van der Waals surface area (Å²) in [5.74, 6) is -4.65. The Kier molecular flexibility index (Phi) is 20.0. The molecule has 1 aromatic heterocycles. The fraction of sp³-hybridized carbons (Fsp3) is 0.529. The second kappa shape index (κ2) is 25.8. The van der Waals surface area contributed by atoms with Gasteiger partial charge in [0.15, 0.2) is 6.61 Å². The molecule has 5 rings (SSSR count). The van der Waals surface area contributed by atoms with E-state index >= 15 is 0 Å². The van der Waals surface area contributed by atoms with Gasteiger partial charge in [-0.3, -0.25) is 19.2 Å². The third-order valence-electron chi connectivity index (χ3n) is 13.1. The molecule has 8 N–H and O–H groups in total. The minimum atomic E-state index is -1.70. The number of nitrogens with one attached hydrogen (secondary N) is 5. The molecule has 4 aromatic rings. The van der Waals surface area contributed by atoms with Crippen molar-refractivity contribution in [3.8, 4) is 11.5 Å². The molecule has 1 fully saturated rings. The number of carboxylic acids is 1. The molecular formula is C51H70N6O10. The summed E-state index contributed by atoms with van der Waals surface area (Å²) in [6.07, 6.45) is 6.38. The van der Waals surface area contributed by atoms with Gasteiger partial charge in [-0.25, -0.2) is 9.78 Å². The van der Waals surface area contributed by atoms with Gasteiger partial charge >= 0.3 is 5.97 Å². The molecule has 16 nitrogen and oxygen atoms in total. The van der Waals surface area contributed by atoms with Gasteiger partial charge in [-0.2, -0.15) is 0 Å². The maximum absolute atomic E-state index is 14.3. The fourth-order valence-corrected chi connectivity index (χ4v) is 8.95. The van der Waals surface area contributed by atoms with Crippen LogP contribution in [0.5, 0.6) is 11.5 Å².